The minimum Gasteiger partial charge on any atom is -0.392 e. The van der Waals surface area contributed by atoms with Crippen LogP contribution in [0.1, 0.15) is 6.92 Å². The molecule has 1 unspecified atom stereocenters. The molecule has 1 aliphatic carbocycles. The number of nitrogens with one attached hydrogen (secondary N) is 2. The van der Waals surface area contributed by atoms with Gasteiger partial charge in [-0.25, -0.2) is 12.8 Å². The third-order valence-electron chi connectivity index (χ3n) is 3.10. The molecule has 2 aliphatic rings. The van der Waals surface area contributed by atoms with Crippen LogP contribution in [-0.2, 0) is 9.84 Å². The fraction of sp³-hybridized carbons (Fsp3) is 0.333. The number of allylic oxidation sites excluding steroid dienone is 1. The quantitative estimate of drug-likeness (QED) is 0.688. The number of aliphatic imine (C=N–C) groups is 1. The van der Waals surface area contributed by atoms with E-state index in [1.807, 2.05) is 0 Å². The second-order valence-electron chi connectivity index (χ2n) is 4.57. The lowest BCUT2D eigenvalue weighted by Gasteiger charge is -2.28. The first kappa shape index (κ1) is 14.6. The number of nitrogens with zero attached hydrogens (tertiary/aromatic N) is 1. The zero-order valence-corrected chi connectivity index (χ0v) is 11.5. The summed E-state index contributed by atoms with van der Waals surface area (Å²) < 4.78 is 37.1. The van der Waals surface area contributed by atoms with Crippen molar-refractivity contribution in [2.45, 2.75) is 11.7 Å². The molecule has 1 atom stereocenters. The summed E-state index contributed by atoms with van der Waals surface area (Å²) in [7, 11) is -4.00. The summed E-state index contributed by atoms with van der Waals surface area (Å²) >= 11 is 0. The number of aliphatic hydroxyl groups is 1. The number of aliphatic hydroxyl groups excluding tert-OH is 1. The Balaban J connectivity index is 2.52. The largest absolute Gasteiger partial charge is 0.392 e. The molecule has 6 nitrogen and oxygen atoms in total. The van der Waals surface area contributed by atoms with Gasteiger partial charge in [0.05, 0.1) is 18.9 Å². The van der Waals surface area contributed by atoms with E-state index in [9.17, 15) is 12.8 Å². The van der Waals surface area contributed by atoms with Crippen molar-refractivity contribution in [2.75, 3.05) is 13.2 Å². The predicted molar refractivity (Wildman–Crippen MR) is 74.0 cm³/mol. The Labute approximate surface area is 115 Å². The molecule has 0 bridgehead atoms. The molecule has 20 heavy (non-hydrogen) atoms. The fourth-order valence-corrected chi connectivity index (χ4v) is 3.39. The maximum absolute atomic E-state index is 13.8. The first-order valence-electron chi connectivity index (χ1n) is 5.83. The van der Waals surface area contributed by atoms with Crippen LogP contribution < -0.4 is 5.32 Å². The van der Waals surface area contributed by atoms with Gasteiger partial charge in [0.25, 0.3) is 0 Å². The number of sulfone groups is 1. The average molecular weight is 299 g/mol. The van der Waals surface area contributed by atoms with Crippen LogP contribution in [0, 0.1) is 5.41 Å². The van der Waals surface area contributed by atoms with Gasteiger partial charge in [-0.3, -0.25) is 10.4 Å². The van der Waals surface area contributed by atoms with E-state index in [0.717, 1.165) is 6.08 Å². The summed E-state index contributed by atoms with van der Waals surface area (Å²) in [6, 6.07) is 0. The Morgan fingerprint density at radius 1 is 1.55 bits per heavy atom. The molecule has 0 amide bonds. The molecular formula is C12H14FN3O3S. The summed E-state index contributed by atoms with van der Waals surface area (Å²) in [5, 5.41) is 18.9. The molecule has 0 spiro atoms. The van der Waals surface area contributed by atoms with Gasteiger partial charge < -0.3 is 10.4 Å². The van der Waals surface area contributed by atoms with Crippen molar-refractivity contribution in [3.8, 4) is 0 Å². The Bertz CT molecular complexity index is 676. The minimum absolute atomic E-state index is 0.0666. The van der Waals surface area contributed by atoms with Gasteiger partial charge >= 0.3 is 0 Å². The third-order valence-corrected chi connectivity index (χ3v) is 5.25. The van der Waals surface area contributed by atoms with Gasteiger partial charge in [-0.15, -0.1) is 0 Å². The highest BCUT2D eigenvalue weighted by Gasteiger charge is 2.43. The SMILES string of the molecule is CC1(S(=O)(=O)C2=NCC=CN2)C=C(F)C(=N)C(CO)=C1. The molecule has 0 saturated carbocycles. The van der Waals surface area contributed by atoms with Crippen LogP contribution in [0.15, 0.2) is 40.8 Å². The average Bonchev–Trinajstić information content (AvgIpc) is 2.43. The van der Waals surface area contributed by atoms with Crippen LogP contribution >= 0.6 is 0 Å². The van der Waals surface area contributed by atoms with Crippen LogP contribution in [0.3, 0.4) is 0 Å². The maximum Gasteiger partial charge on any atom is 0.223 e. The molecule has 2 rings (SSSR count). The molecule has 0 saturated heterocycles. The Morgan fingerprint density at radius 2 is 2.25 bits per heavy atom. The van der Waals surface area contributed by atoms with Gasteiger partial charge in [0, 0.05) is 11.8 Å². The lowest BCUT2D eigenvalue weighted by atomic mass is 9.96. The van der Waals surface area contributed by atoms with Gasteiger partial charge in [-0.2, -0.15) is 0 Å². The molecular weight excluding hydrogens is 285 g/mol. The van der Waals surface area contributed by atoms with Gasteiger partial charge in [0.1, 0.15) is 10.6 Å². The Kier molecular flexibility index (Phi) is 3.61. The van der Waals surface area contributed by atoms with E-state index < -0.39 is 32.7 Å². The van der Waals surface area contributed by atoms with Crippen molar-refractivity contribution in [1.82, 2.24) is 5.32 Å². The van der Waals surface area contributed by atoms with Crippen molar-refractivity contribution in [1.29, 1.82) is 5.41 Å². The van der Waals surface area contributed by atoms with Gasteiger partial charge in [-0.05, 0) is 19.1 Å². The number of hydrogen-bond donors (Lipinski definition) is 3. The standard InChI is InChI=1S/C12H14FN3O3S/c1-12(5-8(7-17)10(14)9(13)6-12)20(18,19)11-15-3-2-4-16-11/h2-3,5-6,14,17H,4,7H2,1H3,(H,15,16). The van der Waals surface area contributed by atoms with E-state index in [0.29, 0.717) is 0 Å². The molecule has 0 aromatic rings. The molecule has 0 aromatic heterocycles. The molecule has 3 N–H and O–H groups in total. The molecule has 0 radical (unpaired) electrons. The van der Waals surface area contributed by atoms with Gasteiger partial charge in [-0.1, -0.05) is 6.08 Å². The second-order valence-corrected chi connectivity index (χ2v) is 6.85. The monoisotopic (exact) mass is 299 g/mol. The summed E-state index contributed by atoms with van der Waals surface area (Å²) in [6.45, 7) is 0.910. The summed E-state index contributed by atoms with van der Waals surface area (Å²) in [4.78, 5) is 3.85. The van der Waals surface area contributed by atoms with E-state index in [1.165, 1.54) is 19.2 Å². The van der Waals surface area contributed by atoms with Gasteiger partial charge in [0.15, 0.2) is 0 Å². The van der Waals surface area contributed by atoms with Crippen molar-refractivity contribution in [2.24, 2.45) is 4.99 Å². The number of halogens is 1. The van der Waals surface area contributed by atoms with Crippen molar-refractivity contribution < 1.29 is 17.9 Å². The zero-order chi connectivity index (χ0) is 15.0. The summed E-state index contributed by atoms with van der Waals surface area (Å²) in [5.74, 6) is -0.977. The molecule has 1 aliphatic heterocycles. The highest BCUT2D eigenvalue weighted by molar-refractivity contribution is 8.07. The Hall–Kier alpha value is -1.80. The molecule has 1 heterocycles. The third kappa shape index (κ3) is 2.20. The highest BCUT2D eigenvalue weighted by Crippen LogP contribution is 2.31. The molecule has 108 valence electrons. The fourth-order valence-electron chi connectivity index (χ4n) is 1.95. The molecule has 8 heteroatoms. The van der Waals surface area contributed by atoms with E-state index >= 15 is 0 Å². The molecule has 0 fully saturated rings. The van der Waals surface area contributed by atoms with Crippen LogP contribution in [0.2, 0.25) is 0 Å². The summed E-state index contributed by atoms with van der Waals surface area (Å²) in [5.41, 5.74) is -0.568. The number of hydrogen-bond acceptors (Lipinski definition) is 6. The van der Waals surface area contributed by atoms with Crippen molar-refractivity contribution in [3.63, 3.8) is 0 Å². The minimum atomic E-state index is -4.00. The Morgan fingerprint density at radius 3 is 2.80 bits per heavy atom. The van der Waals surface area contributed by atoms with E-state index in [4.69, 9.17) is 10.5 Å². The predicted octanol–water partition coefficient (Wildman–Crippen LogP) is 0.438. The van der Waals surface area contributed by atoms with Crippen molar-refractivity contribution >= 4 is 20.7 Å². The lowest BCUT2D eigenvalue weighted by molar-refractivity contribution is 0.335. The van der Waals surface area contributed by atoms with E-state index in [1.54, 1.807) is 6.08 Å². The lowest BCUT2D eigenvalue weighted by Crippen LogP contribution is -2.44. The normalized spacial score (nSPS) is 26.6. The highest BCUT2D eigenvalue weighted by atomic mass is 32.2. The first-order chi connectivity index (χ1) is 9.32. The summed E-state index contributed by atoms with van der Waals surface area (Å²) in [6.07, 6.45) is 5.12. The first-order valence-corrected chi connectivity index (χ1v) is 7.31. The van der Waals surface area contributed by atoms with E-state index in [2.05, 4.69) is 10.3 Å². The second kappa shape index (κ2) is 4.95. The molecule has 0 aromatic carbocycles. The van der Waals surface area contributed by atoms with Crippen LogP contribution in [0.25, 0.3) is 0 Å². The number of rotatable bonds is 2. The van der Waals surface area contributed by atoms with E-state index in [-0.39, 0.29) is 17.3 Å². The van der Waals surface area contributed by atoms with Crippen LogP contribution in [0.4, 0.5) is 4.39 Å². The van der Waals surface area contributed by atoms with Crippen LogP contribution in [0.5, 0.6) is 0 Å². The smallest absolute Gasteiger partial charge is 0.223 e. The topological polar surface area (TPSA) is 103 Å². The zero-order valence-electron chi connectivity index (χ0n) is 10.7. The van der Waals surface area contributed by atoms with Crippen molar-refractivity contribution in [3.05, 3.63) is 35.8 Å². The number of amidine groups is 1. The van der Waals surface area contributed by atoms with Gasteiger partial charge in [0.2, 0.25) is 15.0 Å². The maximum atomic E-state index is 13.8. The van der Waals surface area contributed by atoms with Crippen LogP contribution in [-0.4, -0.2) is 42.3 Å².